The summed E-state index contributed by atoms with van der Waals surface area (Å²) >= 11 is 0. The minimum absolute atomic E-state index is 0. The van der Waals surface area contributed by atoms with Crippen LogP contribution < -0.4 is 10.6 Å². The molecule has 1 saturated heterocycles. The van der Waals surface area contributed by atoms with E-state index in [0.29, 0.717) is 6.61 Å². The molecule has 1 aromatic rings. The Hall–Kier alpha value is -0.860. The molecule has 2 rings (SSSR count). The van der Waals surface area contributed by atoms with E-state index in [1.54, 1.807) is 7.11 Å². The first kappa shape index (κ1) is 25.2. The van der Waals surface area contributed by atoms with Gasteiger partial charge in [0.2, 0.25) is 0 Å². The Morgan fingerprint density at radius 3 is 2.57 bits per heavy atom. The summed E-state index contributed by atoms with van der Waals surface area (Å²) < 4.78 is 5.15. The highest BCUT2D eigenvalue weighted by Crippen LogP contribution is 2.21. The number of hydrogen-bond acceptors (Lipinski definition) is 3. The lowest BCUT2D eigenvalue weighted by atomic mass is 9.90. The average Bonchev–Trinajstić information content (AvgIpc) is 2.69. The van der Waals surface area contributed by atoms with Gasteiger partial charge >= 0.3 is 0 Å². The number of methoxy groups -OCH3 is 1. The van der Waals surface area contributed by atoms with Crippen LogP contribution in [0.3, 0.4) is 0 Å². The number of nitrogens with one attached hydrogen (secondary N) is 2. The smallest absolute Gasteiger partial charge is 0.191 e. The maximum atomic E-state index is 5.15. The molecule has 6 heteroatoms. The van der Waals surface area contributed by atoms with Gasteiger partial charge in [-0.2, -0.15) is 0 Å². The molecule has 1 atom stereocenters. The van der Waals surface area contributed by atoms with Gasteiger partial charge < -0.3 is 20.3 Å². The number of piperidine rings is 1. The van der Waals surface area contributed by atoms with Gasteiger partial charge in [-0.15, -0.1) is 24.0 Å². The molecule has 0 aromatic heterocycles. The summed E-state index contributed by atoms with van der Waals surface area (Å²) in [6.45, 7) is 7.46. The van der Waals surface area contributed by atoms with Gasteiger partial charge in [0, 0.05) is 26.7 Å². The van der Waals surface area contributed by atoms with Gasteiger partial charge in [-0.3, -0.25) is 4.99 Å². The predicted molar refractivity (Wildman–Crippen MR) is 130 cm³/mol. The normalized spacial score (nSPS) is 17.0. The number of guanidine groups is 1. The molecule has 0 aliphatic carbocycles. The van der Waals surface area contributed by atoms with E-state index < -0.39 is 0 Å². The zero-order chi connectivity index (χ0) is 19.3. The fourth-order valence-corrected chi connectivity index (χ4v) is 3.75. The zero-order valence-corrected chi connectivity index (χ0v) is 20.2. The largest absolute Gasteiger partial charge is 0.383 e. The molecule has 1 aliphatic rings. The SMILES string of the molecule is CN=C(NCCCCN1CCC(Cc2ccccc2)CC1)NC(C)COC.I. The highest BCUT2D eigenvalue weighted by atomic mass is 127. The van der Waals surface area contributed by atoms with Crippen molar-refractivity contribution in [2.75, 3.05) is 46.9 Å². The fraction of sp³-hybridized carbons (Fsp3) is 0.682. The number of nitrogens with zero attached hydrogens (tertiary/aromatic N) is 2. The molecule has 2 N–H and O–H groups in total. The molecule has 160 valence electrons. The second-order valence-electron chi connectivity index (χ2n) is 7.68. The van der Waals surface area contributed by atoms with Crippen LogP contribution in [0.1, 0.15) is 38.2 Å². The first-order chi connectivity index (χ1) is 13.2. The standard InChI is InChI=1S/C22H38N4O.HI/c1-19(18-27-3)25-22(23-2)24-13-7-8-14-26-15-11-21(12-16-26)17-20-9-5-4-6-10-20;/h4-6,9-10,19,21H,7-8,11-18H2,1-3H3,(H2,23,24,25);1H. The van der Waals surface area contributed by atoms with Crippen molar-refractivity contribution >= 4 is 29.9 Å². The number of halogens is 1. The molecule has 1 heterocycles. The molecule has 0 saturated carbocycles. The van der Waals surface area contributed by atoms with E-state index in [0.717, 1.165) is 18.4 Å². The van der Waals surface area contributed by atoms with Crippen LogP contribution in [0, 0.1) is 5.92 Å². The monoisotopic (exact) mass is 502 g/mol. The van der Waals surface area contributed by atoms with Crippen molar-refractivity contribution in [3.63, 3.8) is 0 Å². The highest BCUT2D eigenvalue weighted by molar-refractivity contribution is 14.0. The Kier molecular flexibility index (Phi) is 13.5. The molecule has 0 spiro atoms. The van der Waals surface area contributed by atoms with Crippen molar-refractivity contribution in [1.29, 1.82) is 0 Å². The van der Waals surface area contributed by atoms with E-state index in [1.807, 2.05) is 7.05 Å². The number of aliphatic imine (C=N–C) groups is 1. The van der Waals surface area contributed by atoms with Crippen molar-refractivity contribution in [3.8, 4) is 0 Å². The first-order valence-electron chi connectivity index (χ1n) is 10.4. The van der Waals surface area contributed by atoms with Crippen molar-refractivity contribution in [3.05, 3.63) is 35.9 Å². The van der Waals surface area contributed by atoms with Gasteiger partial charge in [0.25, 0.3) is 0 Å². The number of ether oxygens (including phenoxy) is 1. The van der Waals surface area contributed by atoms with Crippen molar-refractivity contribution < 1.29 is 4.74 Å². The van der Waals surface area contributed by atoms with Crippen LogP contribution in [-0.2, 0) is 11.2 Å². The Morgan fingerprint density at radius 1 is 1.21 bits per heavy atom. The Bertz CT molecular complexity index is 533. The zero-order valence-electron chi connectivity index (χ0n) is 17.8. The molecule has 1 unspecified atom stereocenters. The van der Waals surface area contributed by atoms with Crippen LogP contribution in [0.2, 0.25) is 0 Å². The van der Waals surface area contributed by atoms with E-state index in [4.69, 9.17) is 4.74 Å². The van der Waals surface area contributed by atoms with Crippen molar-refractivity contribution in [1.82, 2.24) is 15.5 Å². The van der Waals surface area contributed by atoms with E-state index in [1.165, 1.54) is 57.3 Å². The van der Waals surface area contributed by atoms with Gasteiger partial charge in [-0.05, 0) is 70.1 Å². The maximum absolute atomic E-state index is 5.15. The lowest BCUT2D eigenvalue weighted by Crippen LogP contribution is -2.44. The third-order valence-corrected chi connectivity index (χ3v) is 5.29. The van der Waals surface area contributed by atoms with Crippen LogP contribution >= 0.6 is 24.0 Å². The molecule has 1 fully saturated rings. The second-order valence-corrected chi connectivity index (χ2v) is 7.68. The minimum atomic E-state index is 0. The number of hydrogen-bond donors (Lipinski definition) is 2. The lowest BCUT2D eigenvalue weighted by molar-refractivity contribution is 0.178. The second kappa shape index (κ2) is 15.0. The van der Waals surface area contributed by atoms with Crippen LogP contribution in [0.5, 0.6) is 0 Å². The van der Waals surface area contributed by atoms with E-state index >= 15 is 0 Å². The number of likely N-dealkylation sites (tertiary alicyclic amines) is 1. The average molecular weight is 502 g/mol. The van der Waals surface area contributed by atoms with E-state index in [9.17, 15) is 0 Å². The van der Waals surface area contributed by atoms with E-state index in [2.05, 4.69) is 57.8 Å². The molecule has 1 aromatic carbocycles. The van der Waals surface area contributed by atoms with Crippen LogP contribution in [0.4, 0.5) is 0 Å². The summed E-state index contributed by atoms with van der Waals surface area (Å²) in [5.41, 5.74) is 1.49. The topological polar surface area (TPSA) is 48.9 Å². The van der Waals surface area contributed by atoms with Gasteiger partial charge in [0.1, 0.15) is 0 Å². The third-order valence-electron chi connectivity index (χ3n) is 5.29. The summed E-state index contributed by atoms with van der Waals surface area (Å²) in [5, 5.41) is 6.73. The number of benzene rings is 1. The predicted octanol–water partition coefficient (Wildman–Crippen LogP) is 3.54. The summed E-state index contributed by atoms with van der Waals surface area (Å²) in [5.74, 6) is 1.72. The van der Waals surface area contributed by atoms with Crippen LogP contribution in [0.15, 0.2) is 35.3 Å². The minimum Gasteiger partial charge on any atom is -0.383 e. The Morgan fingerprint density at radius 2 is 1.93 bits per heavy atom. The lowest BCUT2D eigenvalue weighted by Gasteiger charge is -2.32. The number of unbranched alkanes of at least 4 members (excludes halogenated alkanes) is 1. The van der Waals surface area contributed by atoms with Gasteiger partial charge in [0.15, 0.2) is 5.96 Å². The van der Waals surface area contributed by atoms with Gasteiger partial charge in [-0.1, -0.05) is 30.3 Å². The molecule has 0 amide bonds. The molecule has 5 nitrogen and oxygen atoms in total. The first-order valence-corrected chi connectivity index (χ1v) is 10.4. The van der Waals surface area contributed by atoms with Gasteiger partial charge in [-0.25, -0.2) is 0 Å². The quantitative estimate of drug-likeness (QED) is 0.223. The van der Waals surface area contributed by atoms with Crippen molar-refractivity contribution in [2.24, 2.45) is 10.9 Å². The summed E-state index contributed by atoms with van der Waals surface area (Å²) in [4.78, 5) is 6.90. The Balaban J connectivity index is 0.00000392. The highest BCUT2D eigenvalue weighted by Gasteiger charge is 2.18. The summed E-state index contributed by atoms with van der Waals surface area (Å²) in [6.07, 6.45) is 6.32. The van der Waals surface area contributed by atoms with Gasteiger partial charge in [0.05, 0.1) is 6.61 Å². The molecule has 0 bridgehead atoms. The molecule has 0 radical (unpaired) electrons. The maximum Gasteiger partial charge on any atom is 0.191 e. The molecule has 1 aliphatic heterocycles. The molecular weight excluding hydrogens is 463 g/mol. The third kappa shape index (κ3) is 10.1. The van der Waals surface area contributed by atoms with Crippen LogP contribution in [-0.4, -0.2) is 63.8 Å². The summed E-state index contributed by atoms with van der Waals surface area (Å²) in [7, 11) is 3.54. The molecular formula is C22H39IN4O. The van der Waals surface area contributed by atoms with Crippen LogP contribution in [0.25, 0.3) is 0 Å². The number of rotatable bonds is 10. The molecule has 28 heavy (non-hydrogen) atoms. The fourth-order valence-electron chi connectivity index (χ4n) is 3.75. The van der Waals surface area contributed by atoms with Crippen molar-refractivity contribution in [2.45, 2.75) is 45.1 Å². The summed E-state index contributed by atoms with van der Waals surface area (Å²) in [6, 6.07) is 11.2. The Labute approximate surface area is 188 Å². The van der Waals surface area contributed by atoms with E-state index in [-0.39, 0.29) is 30.0 Å².